The van der Waals surface area contributed by atoms with E-state index in [1.165, 1.54) is 6.07 Å². The van der Waals surface area contributed by atoms with Crippen molar-refractivity contribution in [3.05, 3.63) is 23.8 Å². The number of hydrogen-bond donors (Lipinski definition) is 2. The summed E-state index contributed by atoms with van der Waals surface area (Å²) in [6, 6.07) is 4.87. The topological polar surface area (TPSA) is 75.4 Å². The lowest BCUT2D eigenvalue weighted by Gasteiger charge is -2.12. The third-order valence-electron chi connectivity index (χ3n) is 2.35. The van der Waals surface area contributed by atoms with Gasteiger partial charge in [-0.25, -0.2) is 13.1 Å². The average molecular weight is 257 g/mol. The van der Waals surface area contributed by atoms with Crippen molar-refractivity contribution in [2.24, 2.45) is 0 Å². The predicted octanol–water partition coefficient (Wildman–Crippen LogP) is 0.417. The lowest BCUT2D eigenvalue weighted by atomic mass is 10.2. The molecule has 5 nitrogen and oxygen atoms in total. The van der Waals surface area contributed by atoms with E-state index in [0.29, 0.717) is 24.3 Å². The van der Waals surface area contributed by atoms with E-state index in [4.69, 9.17) is 5.73 Å². The molecule has 0 amide bonds. The number of benzene rings is 1. The van der Waals surface area contributed by atoms with E-state index in [0.717, 1.165) is 0 Å². The highest BCUT2D eigenvalue weighted by atomic mass is 32.2. The minimum absolute atomic E-state index is 0.247. The Kier molecular flexibility index (Phi) is 4.50. The molecule has 0 bridgehead atoms. The largest absolute Gasteiger partial charge is 0.399 e. The van der Waals surface area contributed by atoms with Crippen LogP contribution in [0.5, 0.6) is 0 Å². The maximum atomic E-state index is 12.0. The predicted molar refractivity (Wildman–Crippen MR) is 69.3 cm³/mol. The molecule has 0 saturated heterocycles. The van der Waals surface area contributed by atoms with Crippen molar-refractivity contribution in [3.8, 4) is 0 Å². The minimum atomic E-state index is -3.47. The molecule has 6 heteroatoms. The summed E-state index contributed by atoms with van der Waals surface area (Å²) in [7, 11) is 0.312. The van der Waals surface area contributed by atoms with Crippen molar-refractivity contribution in [1.82, 2.24) is 9.62 Å². The Morgan fingerprint density at radius 1 is 1.35 bits per heavy atom. The van der Waals surface area contributed by atoms with Crippen LogP contribution in [-0.2, 0) is 10.0 Å². The summed E-state index contributed by atoms with van der Waals surface area (Å²) < 4.78 is 26.6. The Bertz CT molecular complexity index is 483. The molecule has 0 unspecified atom stereocenters. The molecule has 0 atom stereocenters. The Morgan fingerprint density at radius 2 is 2.00 bits per heavy atom. The molecule has 3 N–H and O–H groups in total. The number of hydrogen-bond acceptors (Lipinski definition) is 4. The van der Waals surface area contributed by atoms with Crippen molar-refractivity contribution < 1.29 is 8.42 Å². The van der Waals surface area contributed by atoms with Gasteiger partial charge >= 0.3 is 0 Å². The number of nitrogens with zero attached hydrogens (tertiary/aromatic N) is 1. The highest BCUT2D eigenvalue weighted by Gasteiger charge is 2.16. The van der Waals surface area contributed by atoms with Gasteiger partial charge in [-0.2, -0.15) is 0 Å². The summed E-state index contributed by atoms with van der Waals surface area (Å²) in [5.74, 6) is 0. The SMILES string of the molecule is Cc1ccc(N)cc1S(=O)(=O)NCCN(C)C. The highest BCUT2D eigenvalue weighted by molar-refractivity contribution is 7.89. The monoisotopic (exact) mass is 257 g/mol. The summed E-state index contributed by atoms with van der Waals surface area (Å²) in [5.41, 5.74) is 6.74. The third kappa shape index (κ3) is 3.99. The molecule has 17 heavy (non-hydrogen) atoms. The van der Waals surface area contributed by atoms with E-state index >= 15 is 0 Å². The fourth-order valence-corrected chi connectivity index (χ4v) is 2.69. The van der Waals surface area contributed by atoms with E-state index < -0.39 is 10.0 Å². The number of nitrogens with two attached hydrogens (primary N) is 1. The van der Waals surface area contributed by atoms with Crippen LogP contribution in [0.2, 0.25) is 0 Å². The number of anilines is 1. The van der Waals surface area contributed by atoms with Crippen LogP contribution in [0.1, 0.15) is 5.56 Å². The van der Waals surface area contributed by atoms with Crippen LogP contribution < -0.4 is 10.5 Å². The van der Waals surface area contributed by atoms with Gasteiger partial charge in [-0.05, 0) is 38.7 Å². The Morgan fingerprint density at radius 3 is 2.59 bits per heavy atom. The van der Waals surface area contributed by atoms with Gasteiger partial charge in [0.15, 0.2) is 0 Å². The third-order valence-corrected chi connectivity index (χ3v) is 3.96. The Hall–Kier alpha value is -1.11. The van der Waals surface area contributed by atoms with Crippen LogP contribution in [0.3, 0.4) is 0 Å². The van der Waals surface area contributed by atoms with Crippen LogP contribution in [0, 0.1) is 6.92 Å². The van der Waals surface area contributed by atoms with Crippen LogP contribution in [0.4, 0.5) is 5.69 Å². The quantitative estimate of drug-likeness (QED) is 0.750. The van der Waals surface area contributed by atoms with Crippen LogP contribution in [-0.4, -0.2) is 40.5 Å². The summed E-state index contributed by atoms with van der Waals surface area (Å²) in [6.45, 7) is 2.78. The number of likely N-dealkylation sites (N-methyl/N-ethyl adjacent to an activating group) is 1. The first-order valence-corrected chi connectivity index (χ1v) is 6.82. The van der Waals surface area contributed by atoms with E-state index in [-0.39, 0.29) is 4.90 Å². The first-order chi connectivity index (χ1) is 7.83. The van der Waals surface area contributed by atoms with Gasteiger partial charge in [0.05, 0.1) is 4.90 Å². The normalized spacial score (nSPS) is 12.0. The van der Waals surface area contributed by atoms with Crippen molar-refractivity contribution >= 4 is 15.7 Å². The number of nitrogen functional groups attached to an aromatic ring is 1. The van der Waals surface area contributed by atoms with Crippen LogP contribution in [0.25, 0.3) is 0 Å². The summed E-state index contributed by atoms with van der Waals surface area (Å²) in [6.07, 6.45) is 0. The Balaban J connectivity index is 2.86. The molecule has 96 valence electrons. The molecule has 0 spiro atoms. The first kappa shape index (κ1) is 14.0. The maximum Gasteiger partial charge on any atom is 0.240 e. The van der Waals surface area contributed by atoms with Crippen molar-refractivity contribution in [1.29, 1.82) is 0 Å². The molecular weight excluding hydrogens is 238 g/mol. The zero-order valence-electron chi connectivity index (χ0n) is 10.4. The van der Waals surface area contributed by atoms with Gasteiger partial charge in [0.1, 0.15) is 0 Å². The van der Waals surface area contributed by atoms with E-state index in [9.17, 15) is 8.42 Å². The summed E-state index contributed by atoms with van der Waals surface area (Å²) >= 11 is 0. The molecule has 0 radical (unpaired) electrons. The zero-order chi connectivity index (χ0) is 13.1. The standard InChI is InChI=1S/C11H19N3O2S/c1-9-4-5-10(12)8-11(9)17(15,16)13-6-7-14(2)3/h4-5,8,13H,6-7,12H2,1-3H3. The molecule has 1 rings (SSSR count). The maximum absolute atomic E-state index is 12.0. The van der Waals surface area contributed by atoms with Crippen molar-refractivity contribution in [2.75, 3.05) is 32.9 Å². The molecule has 1 aromatic carbocycles. The molecule has 0 aliphatic carbocycles. The lowest BCUT2D eigenvalue weighted by molar-refractivity contribution is 0.412. The molecule has 0 heterocycles. The highest BCUT2D eigenvalue weighted by Crippen LogP contribution is 2.17. The van der Waals surface area contributed by atoms with E-state index in [2.05, 4.69) is 4.72 Å². The van der Waals surface area contributed by atoms with Crippen molar-refractivity contribution in [3.63, 3.8) is 0 Å². The molecule has 0 saturated carbocycles. The van der Waals surface area contributed by atoms with Gasteiger partial charge in [0.25, 0.3) is 0 Å². The van der Waals surface area contributed by atoms with Gasteiger partial charge in [0, 0.05) is 18.8 Å². The van der Waals surface area contributed by atoms with Gasteiger partial charge in [0.2, 0.25) is 10.0 Å². The second-order valence-corrected chi connectivity index (χ2v) is 5.96. The summed E-state index contributed by atoms with van der Waals surface area (Å²) in [4.78, 5) is 2.16. The lowest BCUT2D eigenvalue weighted by Crippen LogP contribution is -2.31. The average Bonchev–Trinajstić information content (AvgIpc) is 2.20. The molecule has 0 aliphatic rings. The summed E-state index contributed by atoms with van der Waals surface area (Å²) in [5, 5.41) is 0. The number of aryl methyl sites for hydroxylation is 1. The van der Waals surface area contributed by atoms with Gasteiger partial charge < -0.3 is 10.6 Å². The second-order valence-electron chi connectivity index (χ2n) is 4.23. The minimum Gasteiger partial charge on any atom is -0.399 e. The molecule has 1 aromatic rings. The fraction of sp³-hybridized carbons (Fsp3) is 0.455. The van der Waals surface area contributed by atoms with Crippen molar-refractivity contribution in [2.45, 2.75) is 11.8 Å². The van der Waals surface area contributed by atoms with E-state index in [1.54, 1.807) is 19.1 Å². The van der Waals surface area contributed by atoms with E-state index in [1.807, 2.05) is 19.0 Å². The first-order valence-electron chi connectivity index (χ1n) is 5.33. The fourth-order valence-electron chi connectivity index (χ4n) is 1.39. The number of nitrogens with one attached hydrogen (secondary N) is 1. The smallest absolute Gasteiger partial charge is 0.240 e. The molecule has 0 aromatic heterocycles. The Labute approximate surface area is 103 Å². The molecule has 0 fully saturated rings. The zero-order valence-corrected chi connectivity index (χ0v) is 11.2. The second kappa shape index (κ2) is 5.48. The van der Waals surface area contributed by atoms with Gasteiger partial charge in [-0.3, -0.25) is 0 Å². The van der Waals surface area contributed by atoms with Gasteiger partial charge in [-0.1, -0.05) is 6.07 Å². The number of sulfonamides is 1. The molecule has 0 aliphatic heterocycles. The number of rotatable bonds is 5. The van der Waals surface area contributed by atoms with Gasteiger partial charge in [-0.15, -0.1) is 0 Å². The van der Waals surface area contributed by atoms with Crippen LogP contribution in [0.15, 0.2) is 23.1 Å². The van der Waals surface area contributed by atoms with Crippen LogP contribution >= 0.6 is 0 Å². The molecular formula is C11H19N3O2S.